The minimum Gasteiger partial charge on any atom is -0.298 e. The topological polar surface area (TPSA) is 40.9 Å². The molecule has 0 aliphatic carbocycles. The predicted molar refractivity (Wildman–Crippen MR) is 61.7 cm³/mol. The van der Waals surface area contributed by atoms with Crippen LogP contribution in [0.2, 0.25) is 0 Å². The molecule has 1 aromatic heterocycles. The zero-order valence-electron chi connectivity index (χ0n) is 8.90. The molecule has 0 amide bonds. The lowest BCUT2D eigenvalue weighted by Gasteiger charge is -2.03. The molecule has 0 aliphatic rings. The zero-order valence-corrected chi connectivity index (χ0v) is 9.72. The largest absolute Gasteiger partial charge is 0.298 e. The number of aryl methyl sites for hydroxylation is 1. The number of ketones is 1. The van der Waals surface area contributed by atoms with Gasteiger partial charge in [0.25, 0.3) is 0 Å². The Kier molecular flexibility index (Phi) is 5.06. The Morgan fingerprint density at radius 1 is 1.67 bits per heavy atom. The molecule has 0 aromatic carbocycles. The molecule has 0 fully saturated rings. The van der Waals surface area contributed by atoms with E-state index in [1.54, 1.807) is 11.3 Å². The first-order chi connectivity index (χ1) is 7.27. The van der Waals surface area contributed by atoms with E-state index in [4.69, 9.17) is 5.26 Å². The van der Waals surface area contributed by atoms with Crippen molar-refractivity contribution in [3.8, 4) is 6.07 Å². The Morgan fingerprint density at radius 2 is 2.47 bits per heavy atom. The van der Waals surface area contributed by atoms with Crippen molar-refractivity contribution in [3.05, 3.63) is 22.4 Å². The quantitative estimate of drug-likeness (QED) is 0.740. The summed E-state index contributed by atoms with van der Waals surface area (Å²) in [6.45, 7) is 1.88. The molecular weight excluding hydrogens is 206 g/mol. The fourth-order valence-corrected chi connectivity index (χ4v) is 2.21. The number of rotatable bonds is 6. The molecule has 1 heterocycles. The summed E-state index contributed by atoms with van der Waals surface area (Å²) in [6, 6.07) is 6.15. The van der Waals surface area contributed by atoms with Gasteiger partial charge in [-0.3, -0.25) is 4.79 Å². The standard InChI is InChI=1S/C12H15NOS/c1-2-10(9-13)12(14)7-3-5-11-6-4-8-15-11/h4,6,8,10H,2-3,5,7H2,1H3. The fraction of sp³-hybridized carbons (Fsp3) is 0.500. The number of carbonyl (C=O) groups excluding carboxylic acids is 1. The van der Waals surface area contributed by atoms with E-state index in [2.05, 4.69) is 6.07 Å². The number of nitrogens with zero attached hydrogens (tertiary/aromatic N) is 1. The summed E-state index contributed by atoms with van der Waals surface area (Å²) < 4.78 is 0. The van der Waals surface area contributed by atoms with Crippen molar-refractivity contribution in [2.45, 2.75) is 32.6 Å². The van der Waals surface area contributed by atoms with Crippen LogP contribution in [-0.4, -0.2) is 5.78 Å². The van der Waals surface area contributed by atoms with E-state index in [0.717, 1.165) is 12.8 Å². The Balaban J connectivity index is 2.26. The summed E-state index contributed by atoms with van der Waals surface area (Å²) in [7, 11) is 0. The van der Waals surface area contributed by atoms with E-state index in [-0.39, 0.29) is 5.78 Å². The van der Waals surface area contributed by atoms with E-state index in [1.807, 2.05) is 24.4 Å². The molecule has 1 atom stereocenters. The molecule has 0 spiro atoms. The summed E-state index contributed by atoms with van der Waals surface area (Å²) in [5, 5.41) is 10.8. The lowest BCUT2D eigenvalue weighted by atomic mass is 9.98. The van der Waals surface area contributed by atoms with Crippen LogP contribution in [0.3, 0.4) is 0 Å². The molecule has 0 saturated heterocycles. The molecule has 15 heavy (non-hydrogen) atoms. The van der Waals surface area contributed by atoms with Gasteiger partial charge in [-0.05, 0) is 30.7 Å². The molecular formula is C12H15NOS. The van der Waals surface area contributed by atoms with Crippen LogP contribution in [0.4, 0.5) is 0 Å². The van der Waals surface area contributed by atoms with Crippen LogP contribution in [0.25, 0.3) is 0 Å². The van der Waals surface area contributed by atoms with Crippen molar-refractivity contribution >= 4 is 17.1 Å². The van der Waals surface area contributed by atoms with Crippen molar-refractivity contribution in [1.29, 1.82) is 5.26 Å². The normalized spacial score (nSPS) is 12.0. The Morgan fingerprint density at radius 3 is 3.00 bits per heavy atom. The van der Waals surface area contributed by atoms with Gasteiger partial charge in [-0.15, -0.1) is 11.3 Å². The van der Waals surface area contributed by atoms with Crippen molar-refractivity contribution in [2.75, 3.05) is 0 Å². The summed E-state index contributed by atoms with van der Waals surface area (Å²) in [4.78, 5) is 12.8. The number of nitriles is 1. The van der Waals surface area contributed by atoms with Crippen molar-refractivity contribution in [2.24, 2.45) is 5.92 Å². The van der Waals surface area contributed by atoms with Crippen LogP contribution in [0.15, 0.2) is 17.5 Å². The molecule has 0 saturated carbocycles. The summed E-state index contributed by atoms with van der Waals surface area (Å²) in [5.74, 6) is -0.301. The maximum absolute atomic E-state index is 11.5. The van der Waals surface area contributed by atoms with Crippen molar-refractivity contribution < 1.29 is 4.79 Å². The summed E-state index contributed by atoms with van der Waals surface area (Å²) >= 11 is 1.72. The second-order valence-electron chi connectivity index (χ2n) is 3.49. The van der Waals surface area contributed by atoms with E-state index >= 15 is 0 Å². The molecule has 80 valence electrons. The molecule has 1 rings (SSSR count). The highest BCUT2D eigenvalue weighted by Gasteiger charge is 2.14. The molecule has 0 aliphatic heterocycles. The maximum atomic E-state index is 11.5. The van der Waals surface area contributed by atoms with Gasteiger partial charge < -0.3 is 0 Å². The predicted octanol–water partition coefficient (Wildman–Crippen LogP) is 3.19. The van der Waals surface area contributed by atoms with Crippen LogP contribution in [0, 0.1) is 17.2 Å². The average Bonchev–Trinajstić information content (AvgIpc) is 2.72. The second-order valence-corrected chi connectivity index (χ2v) is 4.52. The van der Waals surface area contributed by atoms with Gasteiger partial charge in [-0.1, -0.05) is 13.0 Å². The van der Waals surface area contributed by atoms with Gasteiger partial charge in [0.05, 0.1) is 6.07 Å². The zero-order chi connectivity index (χ0) is 11.1. The van der Waals surface area contributed by atoms with Gasteiger partial charge in [0.15, 0.2) is 0 Å². The molecule has 3 heteroatoms. The average molecular weight is 221 g/mol. The molecule has 2 nitrogen and oxygen atoms in total. The van der Waals surface area contributed by atoms with Crippen LogP contribution in [0.1, 0.15) is 31.1 Å². The third kappa shape index (κ3) is 3.85. The van der Waals surface area contributed by atoms with Gasteiger partial charge in [0.1, 0.15) is 11.7 Å². The lowest BCUT2D eigenvalue weighted by Crippen LogP contribution is -2.11. The second kappa shape index (κ2) is 6.36. The van der Waals surface area contributed by atoms with Crippen LogP contribution < -0.4 is 0 Å². The third-order valence-electron chi connectivity index (χ3n) is 2.38. The fourth-order valence-electron chi connectivity index (χ4n) is 1.46. The monoisotopic (exact) mass is 221 g/mol. The van der Waals surface area contributed by atoms with E-state index in [9.17, 15) is 4.79 Å². The van der Waals surface area contributed by atoms with Crippen LogP contribution >= 0.6 is 11.3 Å². The molecule has 0 radical (unpaired) electrons. The number of thiophene rings is 1. The van der Waals surface area contributed by atoms with Gasteiger partial charge in [-0.25, -0.2) is 0 Å². The van der Waals surface area contributed by atoms with Crippen molar-refractivity contribution in [1.82, 2.24) is 0 Å². The van der Waals surface area contributed by atoms with E-state index in [0.29, 0.717) is 12.8 Å². The minimum atomic E-state index is -0.395. The smallest absolute Gasteiger partial charge is 0.149 e. The Bertz CT molecular complexity index is 337. The van der Waals surface area contributed by atoms with Gasteiger partial charge in [0.2, 0.25) is 0 Å². The highest BCUT2D eigenvalue weighted by atomic mass is 32.1. The van der Waals surface area contributed by atoms with Crippen molar-refractivity contribution in [3.63, 3.8) is 0 Å². The van der Waals surface area contributed by atoms with Gasteiger partial charge in [-0.2, -0.15) is 5.26 Å². The summed E-state index contributed by atoms with van der Waals surface area (Å²) in [6.07, 6.45) is 2.97. The first-order valence-electron chi connectivity index (χ1n) is 5.22. The number of hydrogen-bond acceptors (Lipinski definition) is 3. The van der Waals surface area contributed by atoms with E-state index in [1.165, 1.54) is 4.88 Å². The maximum Gasteiger partial charge on any atom is 0.149 e. The molecule has 0 bridgehead atoms. The van der Waals surface area contributed by atoms with E-state index < -0.39 is 5.92 Å². The minimum absolute atomic E-state index is 0.0940. The summed E-state index contributed by atoms with van der Waals surface area (Å²) in [5.41, 5.74) is 0. The Hall–Kier alpha value is -1.14. The molecule has 1 unspecified atom stereocenters. The van der Waals surface area contributed by atoms with Crippen LogP contribution in [0.5, 0.6) is 0 Å². The highest BCUT2D eigenvalue weighted by molar-refractivity contribution is 7.09. The van der Waals surface area contributed by atoms with Gasteiger partial charge >= 0.3 is 0 Å². The first kappa shape index (κ1) is 11.9. The number of Topliss-reactive ketones (excluding diaryl/α,β-unsaturated/α-hetero) is 1. The van der Waals surface area contributed by atoms with Gasteiger partial charge in [0, 0.05) is 11.3 Å². The highest BCUT2D eigenvalue weighted by Crippen LogP contribution is 2.14. The Labute approximate surface area is 94.5 Å². The number of carbonyl (C=O) groups is 1. The SMILES string of the molecule is CCC(C#N)C(=O)CCCc1cccs1. The molecule has 1 aromatic rings. The lowest BCUT2D eigenvalue weighted by molar-refractivity contribution is -0.121. The third-order valence-corrected chi connectivity index (χ3v) is 3.32. The van der Waals surface area contributed by atoms with Crippen LogP contribution in [-0.2, 0) is 11.2 Å². The molecule has 0 N–H and O–H groups in total. The number of hydrogen-bond donors (Lipinski definition) is 0. The first-order valence-corrected chi connectivity index (χ1v) is 6.10.